The Morgan fingerprint density at radius 1 is 1.04 bits per heavy atom. The van der Waals surface area contributed by atoms with E-state index >= 15 is 0 Å². The first-order chi connectivity index (χ1) is 13.1. The Morgan fingerprint density at radius 3 is 2.37 bits per heavy atom. The molecular weight excluding hydrogens is 362 g/mol. The van der Waals surface area contributed by atoms with Crippen molar-refractivity contribution in [2.45, 2.75) is 48.4 Å². The normalized spacial score (nSPS) is 20.7. The SMILES string of the molecule is O=S(=O)(c1ccc(Cn2cccn2)cc1)C1CCN(C2CCOCC2)CC1. The molecule has 27 heavy (non-hydrogen) atoms. The fraction of sp³-hybridized carbons (Fsp3) is 0.550. The van der Waals surface area contributed by atoms with Crippen molar-refractivity contribution in [3.8, 4) is 0 Å². The molecule has 2 aromatic rings. The molecular formula is C20H27N3O3S. The Balaban J connectivity index is 1.38. The van der Waals surface area contributed by atoms with Crippen molar-refractivity contribution in [2.24, 2.45) is 0 Å². The molecule has 6 nitrogen and oxygen atoms in total. The van der Waals surface area contributed by atoms with Gasteiger partial charge in [-0.15, -0.1) is 0 Å². The largest absolute Gasteiger partial charge is 0.381 e. The number of likely N-dealkylation sites (tertiary alicyclic amines) is 1. The molecule has 4 rings (SSSR count). The number of piperidine rings is 1. The van der Waals surface area contributed by atoms with Crippen LogP contribution < -0.4 is 0 Å². The fourth-order valence-electron chi connectivity index (χ4n) is 4.16. The Morgan fingerprint density at radius 2 is 1.74 bits per heavy atom. The zero-order valence-corrected chi connectivity index (χ0v) is 16.4. The van der Waals surface area contributed by atoms with Crippen LogP contribution in [0.2, 0.25) is 0 Å². The second-order valence-corrected chi connectivity index (χ2v) is 9.70. The molecule has 3 heterocycles. The lowest BCUT2D eigenvalue weighted by atomic mass is 10.0. The highest BCUT2D eigenvalue weighted by atomic mass is 32.2. The van der Waals surface area contributed by atoms with Crippen molar-refractivity contribution >= 4 is 9.84 Å². The van der Waals surface area contributed by atoms with Crippen LogP contribution >= 0.6 is 0 Å². The summed E-state index contributed by atoms with van der Waals surface area (Å²) < 4.78 is 33.4. The molecule has 0 unspecified atom stereocenters. The van der Waals surface area contributed by atoms with Gasteiger partial charge >= 0.3 is 0 Å². The molecule has 0 saturated carbocycles. The molecule has 2 aliphatic heterocycles. The Bertz CT molecular complexity index is 820. The van der Waals surface area contributed by atoms with Crippen molar-refractivity contribution in [1.29, 1.82) is 0 Å². The summed E-state index contributed by atoms with van der Waals surface area (Å²) in [4.78, 5) is 2.90. The van der Waals surface area contributed by atoms with Crippen LogP contribution in [-0.4, -0.2) is 60.7 Å². The summed E-state index contributed by atoms with van der Waals surface area (Å²) in [5.41, 5.74) is 1.05. The summed E-state index contributed by atoms with van der Waals surface area (Å²) in [5.74, 6) is 0. The van der Waals surface area contributed by atoms with E-state index in [9.17, 15) is 8.42 Å². The third-order valence-corrected chi connectivity index (χ3v) is 8.06. The molecule has 2 fully saturated rings. The molecule has 0 amide bonds. The molecule has 0 spiro atoms. The maximum atomic E-state index is 13.0. The van der Waals surface area contributed by atoms with Crippen molar-refractivity contribution in [2.75, 3.05) is 26.3 Å². The van der Waals surface area contributed by atoms with Crippen molar-refractivity contribution in [3.05, 3.63) is 48.3 Å². The van der Waals surface area contributed by atoms with E-state index < -0.39 is 9.84 Å². The maximum Gasteiger partial charge on any atom is 0.181 e. The number of hydrogen-bond acceptors (Lipinski definition) is 5. The van der Waals surface area contributed by atoms with Gasteiger partial charge in [0.15, 0.2) is 9.84 Å². The number of rotatable bonds is 5. The van der Waals surface area contributed by atoms with Crippen molar-refractivity contribution in [3.63, 3.8) is 0 Å². The van der Waals surface area contributed by atoms with Gasteiger partial charge in [-0.05, 0) is 62.5 Å². The number of sulfone groups is 1. The van der Waals surface area contributed by atoms with Gasteiger partial charge in [0.05, 0.1) is 16.7 Å². The molecule has 0 aliphatic carbocycles. The van der Waals surface area contributed by atoms with E-state index in [0.717, 1.165) is 44.7 Å². The van der Waals surface area contributed by atoms with Gasteiger partial charge in [-0.3, -0.25) is 4.68 Å². The van der Waals surface area contributed by atoms with Gasteiger partial charge in [0.2, 0.25) is 0 Å². The number of aromatic nitrogens is 2. The minimum Gasteiger partial charge on any atom is -0.381 e. The van der Waals surface area contributed by atoms with Crippen LogP contribution in [0.5, 0.6) is 0 Å². The average molecular weight is 390 g/mol. The highest BCUT2D eigenvalue weighted by molar-refractivity contribution is 7.92. The van der Waals surface area contributed by atoms with Gasteiger partial charge in [0.1, 0.15) is 0 Å². The first-order valence-electron chi connectivity index (χ1n) is 9.75. The van der Waals surface area contributed by atoms with Crippen LogP contribution in [0.25, 0.3) is 0 Å². The van der Waals surface area contributed by atoms with Gasteiger partial charge in [0.25, 0.3) is 0 Å². The molecule has 7 heteroatoms. The van der Waals surface area contributed by atoms with E-state index in [1.807, 2.05) is 29.1 Å². The quantitative estimate of drug-likeness (QED) is 0.785. The predicted molar refractivity (Wildman–Crippen MR) is 103 cm³/mol. The molecule has 0 atom stereocenters. The molecule has 1 aromatic carbocycles. The third kappa shape index (κ3) is 4.25. The lowest BCUT2D eigenvalue weighted by Crippen LogP contribution is -2.46. The highest BCUT2D eigenvalue weighted by Gasteiger charge is 2.33. The summed E-state index contributed by atoms with van der Waals surface area (Å²) in [6.45, 7) is 4.04. The lowest BCUT2D eigenvalue weighted by Gasteiger charge is -2.39. The van der Waals surface area contributed by atoms with Gasteiger partial charge in [-0.25, -0.2) is 8.42 Å². The van der Waals surface area contributed by atoms with E-state index in [4.69, 9.17) is 4.74 Å². The highest BCUT2D eigenvalue weighted by Crippen LogP contribution is 2.27. The smallest absolute Gasteiger partial charge is 0.181 e. The van der Waals surface area contributed by atoms with Crippen LogP contribution in [0.3, 0.4) is 0 Å². The van der Waals surface area contributed by atoms with Gasteiger partial charge in [-0.1, -0.05) is 12.1 Å². The van der Waals surface area contributed by atoms with Crippen LogP contribution in [0.4, 0.5) is 0 Å². The molecule has 2 aliphatic rings. The second kappa shape index (κ2) is 8.12. The molecule has 0 radical (unpaired) electrons. The maximum absolute atomic E-state index is 13.0. The van der Waals surface area contributed by atoms with E-state index in [-0.39, 0.29) is 5.25 Å². The topological polar surface area (TPSA) is 64.4 Å². The number of ether oxygens (including phenoxy) is 1. The zero-order chi connectivity index (χ0) is 18.7. The zero-order valence-electron chi connectivity index (χ0n) is 15.5. The van der Waals surface area contributed by atoms with Crippen LogP contribution in [0.15, 0.2) is 47.6 Å². The molecule has 1 aromatic heterocycles. The Labute approximate surface area is 161 Å². The minimum atomic E-state index is -3.27. The summed E-state index contributed by atoms with van der Waals surface area (Å²) in [6, 6.07) is 9.73. The lowest BCUT2D eigenvalue weighted by molar-refractivity contribution is 0.0277. The fourth-order valence-corrected chi connectivity index (χ4v) is 5.89. The molecule has 146 valence electrons. The standard InChI is InChI=1S/C20H27N3O3S/c24-27(25,19-4-2-17(3-5-19)16-23-11-1-10-21-23)20-6-12-22(13-7-20)18-8-14-26-15-9-18/h1-5,10-11,18,20H,6-9,12-16H2. The summed E-state index contributed by atoms with van der Waals surface area (Å²) in [7, 11) is -3.27. The third-order valence-electron chi connectivity index (χ3n) is 5.78. The van der Waals surface area contributed by atoms with E-state index in [0.29, 0.717) is 30.3 Å². The van der Waals surface area contributed by atoms with E-state index in [2.05, 4.69) is 10.00 Å². The van der Waals surface area contributed by atoms with Gasteiger partial charge in [-0.2, -0.15) is 5.10 Å². The van der Waals surface area contributed by atoms with Crippen LogP contribution in [-0.2, 0) is 21.1 Å². The van der Waals surface area contributed by atoms with Crippen molar-refractivity contribution < 1.29 is 13.2 Å². The first-order valence-corrected chi connectivity index (χ1v) is 11.3. The van der Waals surface area contributed by atoms with Crippen LogP contribution in [0, 0.1) is 0 Å². The van der Waals surface area contributed by atoms with Gasteiger partial charge < -0.3 is 9.64 Å². The second-order valence-electron chi connectivity index (χ2n) is 7.47. The van der Waals surface area contributed by atoms with E-state index in [1.54, 1.807) is 18.3 Å². The monoisotopic (exact) mass is 389 g/mol. The Hall–Kier alpha value is -1.70. The number of hydrogen-bond donors (Lipinski definition) is 0. The Kier molecular flexibility index (Phi) is 5.61. The van der Waals surface area contributed by atoms with E-state index in [1.165, 1.54) is 0 Å². The summed E-state index contributed by atoms with van der Waals surface area (Å²) in [5, 5.41) is 3.92. The first kappa shape index (κ1) is 18.7. The summed E-state index contributed by atoms with van der Waals surface area (Å²) >= 11 is 0. The minimum absolute atomic E-state index is 0.273. The number of nitrogens with zero attached hydrogens (tertiary/aromatic N) is 3. The molecule has 0 bridgehead atoms. The average Bonchev–Trinajstić information content (AvgIpc) is 3.22. The number of benzene rings is 1. The van der Waals surface area contributed by atoms with Gasteiger partial charge in [0, 0.05) is 31.6 Å². The van der Waals surface area contributed by atoms with Crippen LogP contribution in [0.1, 0.15) is 31.2 Å². The summed E-state index contributed by atoms with van der Waals surface area (Å²) in [6.07, 6.45) is 7.20. The molecule has 2 saturated heterocycles. The molecule has 0 N–H and O–H groups in total. The predicted octanol–water partition coefficient (Wildman–Crippen LogP) is 2.35. The van der Waals surface area contributed by atoms with Crippen molar-refractivity contribution in [1.82, 2.24) is 14.7 Å².